The highest BCUT2D eigenvalue weighted by Gasteiger charge is 2.34. The number of nitrogens with zero attached hydrogens (tertiary/aromatic N) is 2. The van der Waals surface area contributed by atoms with Crippen LogP contribution in [0.4, 0.5) is 23.2 Å². The second-order valence-electron chi connectivity index (χ2n) is 6.02. The molecule has 0 aliphatic carbocycles. The molecule has 0 saturated carbocycles. The fourth-order valence-electron chi connectivity index (χ4n) is 2.82. The van der Waals surface area contributed by atoms with Crippen LogP contribution in [-0.2, 0) is 6.18 Å². The van der Waals surface area contributed by atoms with Gasteiger partial charge in [-0.3, -0.25) is 9.88 Å². The van der Waals surface area contributed by atoms with E-state index in [-0.39, 0.29) is 5.69 Å². The molecule has 0 fully saturated rings. The summed E-state index contributed by atoms with van der Waals surface area (Å²) in [5.41, 5.74) is 0.339. The van der Waals surface area contributed by atoms with E-state index in [1.54, 1.807) is 23.2 Å². The van der Waals surface area contributed by atoms with Gasteiger partial charge in [0, 0.05) is 25.0 Å². The van der Waals surface area contributed by atoms with E-state index in [0.29, 0.717) is 42.4 Å². The summed E-state index contributed by atoms with van der Waals surface area (Å²) in [6.07, 6.45) is -1.85. The Labute approximate surface area is 158 Å². The second-order valence-corrected chi connectivity index (χ2v) is 6.43. The SMILES string of the molecule is OC(Nc1ccc(C(F)(F)F)c(F)c1)N1CC=C(c2ncccc2Cl)CC1. The summed E-state index contributed by atoms with van der Waals surface area (Å²) in [6, 6.07) is 5.91. The first-order valence-electron chi connectivity index (χ1n) is 8.11. The maximum atomic E-state index is 13.6. The summed E-state index contributed by atoms with van der Waals surface area (Å²) in [4.78, 5) is 5.90. The fourth-order valence-corrected chi connectivity index (χ4v) is 3.06. The lowest BCUT2D eigenvalue weighted by atomic mass is 10.0. The number of nitrogens with one attached hydrogen (secondary N) is 1. The van der Waals surface area contributed by atoms with E-state index >= 15 is 0 Å². The maximum Gasteiger partial charge on any atom is 0.419 e. The number of pyridine rings is 1. The van der Waals surface area contributed by atoms with Crippen LogP contribution in [0.5, 0.6) is 0 Å². The first-order chi connectivity index (χ1) is 12.8. The quantitative estimate of drug-likeness (QED) is 0.590. The van der Waals surface area contributed by atoms with Gasteiger partial charge in [0.15, 0.2) is 6.35 Å². The number of hydrogen-bond donors (Lipinski definition) is 2. The molecule has 0 radical (unpaired) electrons. The number of benzene rings is 1. The molecule has 0 saturated heterocycles. The van der Waals surface area contributed by atoms with Crippen LogP contribution in [0, 0.1) is 5.82 Å². The predicted molar refractivity (Wildman–Crippen MR) is 94.4 cm³/mol. The van der Waals surface area contributed by atoms with E-state index in [1.807, 2.05) is 6.08 Å². The van der Waals surface area contributed by atoms with Crippen molar-refractivity contribution in [3.63, 3.8) is 0 Å². The molecular formula is C18H16ClF4N3O. The summed E-state index contributed by atoms with van der Waals surface area (Å²) in [5.74, 6) is -1.40. The first kappa shape index (κ1) is 19.6. The van der Waals surface area contributed by atoms with Gasteiger partial charge in [0.1, 0.15) is 5.82 Å². The van der Waals surface area contributed by atoms with Crippen LogP contribution in [0.3, 0.4) is 0 Å². The van der Waals surface area contributed by atoms with Gasteiger partial charge < -0.3 is 10.4 Å². The molecule has 2 N–H and O–H groups in total. The van der Waals surface area contributed by atoms with Gasteiger partial charge in [0.05, 0.1) is 16.3 Å². The Bertz CT molecular complexity index is 857. The number of aliphatic hydroxyl groups excluding tert-OH is 1. The van der Waals surface area contributed by atoms with Crippen LogP contribution in [0.2, 0.25) is 5.02 Å². The predicted octanol–water partition coefficient (Wildman–Crippen LogP) is 4.37. The summed E-state index contributed by atoms with van der Waals surface area (Å²) < 4.78 is 51.4. The molecule has 1 aliphatic heterocycles. The van der Waals surface area contributed by atoms with Gasteiger partial charge >= 0.3 is 6.18 Å². The van der Waals surface area contributed by atoms with Crippen LogP contribution >= 0.6 is 11.6 Å². The van der Waals surface area contributed by atoms with Gasteiger partial charge in [-0.1, -0.05) is 17.7 Å². The van der Waals surface area contributed by atoms with Crippen molar-refractivity contribution in [3.05, 3.63) is 64.7 Å². The molecule has 1 aromatic carbocycles. The van der Waals surface area contributed by atoms with E-state index in [2.05, 4.69) is 10.3 Å². The van der Waals surface area contributed by atoms with Gasteiger partial charge in [-0.2, -0.15) is 13.2 Å². The molecular weight excluding hydrogens is 386 g/mol. The zero-order valence-corrected chi connectivity index (χ0v) is 14.7. The molecule has 4 nitrogen and oxygen atoms in total. The third kappa shape index (κ3) is 4.58. The van der Waals surface area contributed by atoms with Crippen LogP contribution in [0.25, 0.3) is 5.57 Å². The average Bonchev–Trinajstić information content (AvgIpc) is 2.61. The lowest BCUT2D eigenvalue weighted by Gasteiger charge is -2.31. The standard InChI is InChI=1S/C18H16ClF4N3O/c19-14-2-1-7-24-16(14)11-5-8-26(9-6-11)17(27)25-12-3-4-13(15(20)10-12)18(21,22)23/h1-5,7,10,17,25,27H,6,8-9H2. The molecule has 0 amide bonds. The largest absolute Gasteiger partial charge is 0.419 e. The summed E-state index contributed by atoms with van der Waals surface area (Å²) in [5, 5.41) is 13.4. The third-order valence-corrected chi connectivity index (χ3v) is 4.52. The third-order valence-electron chi connectivity index (χ3n) is 4.22. The number of aromatic nitrogens is 1. The zero-order chi connectivity index (χ0) is 19.6. The summed E-state index contributed by atoms with van der Waals surface area (Å²) in [7, 11) is 0. The lowest BCUT2D eigenvalue weighted by Crippen LogP contribution is -2.43. The Morgan fingerprint density at radius 2 is 2.04 bits per heavy atom. The van der Waals surface area contributed by atoms with Gasteiger partial charge in [0.2, 0.25) is 0 Å². The molecule has 3 rings (SSSR count). The first-order valence-corrected chi connectivity index (χ1v) is 8.49. The van der Waals surface area contributed by atoms with Gasteiger partial charge in [-0.05, 0) is 42.3 Å². The minimum atomic E-state index is -4.76. The van der Waals surface area contributed by atoms with Crippen LogP contribution < -0.4 is 5.32 Å². The van der Waals surface area contributed by atoms with Crippen LogP contribution in [0.1, 0.15) is 17.7 Å². The van der Waals surface area contributed by atoms with E-state index in [1.165, 1.54) is 0 Å². The molecule has 144 valence electrons. The molecule has 2 aromatic rings. The van der Waals surface area contributed by atoms with Crippen molar-refractivity contribution < 1.29 is 22.7 Å². The monoisotopic (exact) mass is 401 g/mol. The fraction of sp³-hybridized carbons (Fsp3) is 0.278. The number of halogens is 5. The second kappa shape index (κ2) is 7.84. The van der Waals surface area contributed by atoms with Crippen LogP contribution in [0.15, 0.2) is 42.6 Å². The summed E-state index contributed by atoms with van der Waals surface area (Å²) in [6.45, 7) is 0.843. The number of hydrogen-bond acceptors (Lipinski definition) is 4. The Morgan fingerprint density at radius 1 is 1.26 bits per heavy atom. The lowest BCUT2D eigenvalue weighted by molar-refractivity contribution is -0.139. The molecule has 0 bridgehead atoms. The van der Waals surface area contributed by atoms with Crippen molar-refractivity contribution >= 4 is 22.9 Å². The Morgan fingerprint density at radius 3 is 2.63 bits per heavy atom. The topological polar surface area (TPSA) is 48.4 Å². The van der Waals surface area contributed by atoms with Crippen molar-refractivity contribution in [2.24, 2.45) is 0 Å². The number of aliphatic hydroxyl groups is 1. The minimum Gasteiger partial charge on any atom is -0.361 e. The molecule has 2 heterocycles. The van der Waals surface area contributed by atoms with E-state index in [0.717, 1.165) is 11.6 Å². The molecule has 1 atom stereocenters. The minimum absolute atomic E-state index is 0.0514. The molecule has 1 aromatic heterocycles. The molecule has 27 heavy (non-hydrogen) atoms. The highest BCUT2D eigenvalue weighted by molar-refractivity contribution is 6.32. The average molecular weight is 402 g/mol. The molecule has 9 heteroatoms. The van der Waals surface area contributed by atoms with E-state index in [4.69, 9.17) is 11.6 Å². The van der Waals surface area contributed by atoms with Crippen molar-refractivity contribution in [1.29, 1.82) is 0 Å². The normalized spacial score (nSPS) is 16.7. The molecule has 1 aliphatic rings. The van der Waals surface area contributed by atoms with Crippen molar-refractivity contribution in [2.45, 2.75) is 18.9 Å². The van der Waals surface area contributed by atoms with Gasteiger partial charge in [0.25, 0.3) is 0 Å². The van der Waals surface area contributed by atoms with E-state index < -0.39 is 23.9 Å². The van der Waals surface area contributed by atoms with Crippen molar-refractivity contribution in [1.82, 2.24) is 9.88 Å². The Balaban J connectivity index is 1.65. The molecule has 1 unspecified atom stereocenters. The Kier molecular flexibility index (Phi) is 5.69. The van der Waals surface area contributed by atoms with Gasteiger partial charge in [-0.25, -0.2) is 4.39 Å². The number of alkyl halides is 3. The highest BCUT2D eigenvalue weighted by atomic mass is 35.5. The van der Waals surface area contributed by atoms with Gasteiger partial charge in [-0.15, -0.1) is 0 Å². The number of rotatable bonds is 4. The van der Waals surface area contributed by atoms with Crippen LogP contribution in [-0.4, -0.2) is 34.4 Å². The smallest absolute Gasteiger partial charge is 0.361 e. The highest BCUT2D eigenvalue weighted by Crippen LogP contribution is 2.32. The Hall–Kier alpha value is -2.16. The number of anilines is 1. The van der Waals surface area contributed by atoms with Crippen molar-refractivity contribution in [2.75, 3.05) is 18.4 Å². The maximum absolute atomic E-state index is 13.6. The zero-order valence-electron chi connectivity index (χ0n) is 14.0. The van der Waals surface area contributed by atoms with Crippen molar-refractivity contribution in [3.8, 4) is 0 Å². The van der Waals surface area contributed by atoms with E-state index in [9.17, 15) is 22.7 Å². The molecule has 0 spiro atoms. The summed E-state index contributed by atoms with van der Waals surface area (Å²) >= 11 is 6.13.